The Morgan fingerprint density at radius 2 is 1.82 bits per heavy atom. The smallest absolute Gasteiger partial charge is 0.313 e. The zero-order valence-electron chi connectivity index (χ0n) is 22.2. The highest BCUT2D eigenvalue weighted by Gasteiger charge is 2.22. The first-order valence-electron chi connectivity index (χ1n) is 12.8. The molecule has 0 aliphatic heterocycles. The molecule has 2 aromatic heterocycles. The Hall–Kier alpha value is -5.40. The van der Waals surface area contributed by atoms with Crippen molar-refractivity contribution in [1.82, 2.24) is 9.66 Å². The number of non-ortho nitro benzene ring substituents is 1. The van der Waals surface area contributed by atoms with Gasteiger partial charge in [0.2, 0.25) is 11.6 Å². The van der Waals surface area contributed by atoms with E-state index in [4.69, 9.17) is 20.8 Å². The number of nitro benzene ring substituents is 2. The Bertz CT molecular complexity index is 2210. The molecular weight excluding hydrogens is 658 g/mol. The summed E-state index contributed by atoms with van der Waals surface area (Å²) in [6.07, 6.45) is 1.20. The number of para-hydroxylation sites is 1. The highest BCUT2D eigenvalue weighted by atomic mass is 79.9. The highest BCUT2D eigenvalue weighted by molar-refractivity contribution is 9.10. The molecule has 14 heteroatoms. The fraction of sp³-hybridized carbons (Fsp3) is 0.0333. The highest BCUT2D eigenvalue weighted by Crippen LogP contribution is 2.35. The van der Waals surface area contributed by atoms with Gasteiger partial charge in [-0.25, -0.2) is 4.98 Å². The summed E-state index contributed by atoms with van der Waals surface area (Å²) in [6.45, 7) is -0.234. The maximum absolute atomic E-state index is 13.7. The second kappa shape index (κ2) is 11.7. The van der Waals surface area contributed by atoms with Crippen molar-refractivity contribution in [3.8, 4) is 17.3 Å². The lowest BCUT2D eigenvalue weighted by Crippen LogP contribution is -2.20. The Morgan fingerprint density at radius 3 is 2.61 bits per heavy atom. The molecule has 0 radical (unpaired) electrons. The van der Waals surface area contributed by atoms with Crippen molar-refractivity contribution >= 4 is 67.0 Å². The van der Waals surface area contributed by atoms with Gasteiger partial charge in [0.1, 0.15) is 12.2 Å². The van der Waals surface area contributed by atoms with Gasteiger partial charge in [-0.15, -0.1) is 0 Å². The predicted octanol–water partition coefficient (Wildman–Crippen LogP) is 7.50. The average Bonchev–Trinajstić information content (AvgIpc) is 3.43. The number of hydrogen-bond donors (Lipinski definition) is 0. The predicted molar refractivity (Wildman–Crippen MR) is 167 cm³/mol. The van der Waals surface area contributed by atoms with Crippen LogP contribution in [-0.2, 0) is 6.61 Å². The molecule has 0 bridgehead atoms. The third-order valence-corrected chi connectivity index (χ3v) is 7.24. The van der Waals surface area contributed by atoms with Crippen LogP contribution in [0, 0.1) is 20.2 Å². The Balaban J connectivity index is 1.48. The van der Waals surface area contributed by atoms with E-state index in [1.807, 2.05) is 12.1 Å². The first kappa shape index (κ1) is 28.7. The summed E-state index contributed by atoms with van der Waals surface area (Å²) < 4.78 is 13.7. The van der Waals surface area contributed by atoms with Crippen molar-refractivity contribution in [1.29, 1.82) is 0 Å². The van der Waals surface area contributed by atoms with Gasteiger partial charge in [0.05, 0.1) is 27.0 Å². The second-order valence-electron chi connectivity index (χ2n) is 9.42. The molecular formula is C30H17BrClN5O7. The molecule has 0 amide bonds. The van der Waals surface area contributed by atoms with Crippen LogP contribution < -0.4 is 10.3 Å². The van der Waals surface area contributed by atoms with Crippen LogP contribution in [0.4, 0.5) is 11.4 Å². The monoisotopic (exact) mass is 673 g/mol. The zero-order valence-corrected chi connectivity index (χ0v) is 24.6. The topological polar surface area (TPSA) is 156 Å². The molecule has 6 aromatic rings. The molecule has 2 heterocycles. The van der Waals surface area contributed by atoms with Crippen LogP contribution in [0.25, 0.3) is 33.5 Å². The number of aromatic nitrogens is 2. The van der Waals surface area contributed by atoms with Crippen LogP contribution in [0.1, 0.15) is 11.1 Å². The molecule has 0 N–H and O–H groups in total. The Labute approximate surface area is 260 Å². The van der Waals surface area contributed by atoms with Crippen molar-refractivity contribution < 1.29 is 19.0 Å². The fourth-order valence-corrected chi connectivity index (χ4v) is 5.14. The van der Waals surface area contributed by atoms with E-state index in [0.29, 0.717) is 16.7 Å². The first-order chi connectivity index (χ1) is 21.2. The Kier molecular flexibility index (Phi) is 7.64. The largest absolute Gasteiger partial charge is 0.481 e. The molecule has 0 unspecified atom stereocenters. The number of ether oxygens (including phenoxy) is 1. The van der Waals surface area contributed by atoms with Crippen molar-refractivity contribution in [2.75, 3.05) is 0 Å². The van der Waals surface area contributed by atoms with E-state index in [1.54, 1.807) is 42.5 Å². The summed E-state index contributed by atoms with van der Waals surface area (Å²) in [7, 11) is 0. The number of fused-ring (bicyclic) bond motifs is 2. The van der Waals surface area contributed by atoms with Gasteiger partial charge in [-0.05, 0) is 48.0 Å². The van der Waals surface area contributed by atoms with E-state index in [-0.39, 0.29) is 45.6 Å². The van der Waals surface area contributed by atoms with Gasteiger partial charge >= 0.3 is 5.69 Å². The van der Waals surface area contributed by atoms with Gasteiger partial charge in [0.25, 0.3) is 11.2 Å². The van der Waals surface area contributed by atoms with E-state index in [0.717, 1.165) is 20.6 Å². The van der Waals surface area contributed by atoms with Crippen LogP contribution in [0.15, 0.2) is 104 Å². The van der Waals surface area contributed by atoms with Crippen molar-refractivity contribution in [2.24, 2.45) is 5.10 Å². The minimum absolute atomic E-state index is 0.0212. The van der Waals surface area contributed by atoms with Gasteiger partial charge in [-0.1, -0.05) is 51.8 Å². The summed E-state index contributed by atoms with van der Waals surface area (Å²) in [4.78, 5) is 40.2. The maximum Gasteiger partial charge on any atom is 0.313 e. The summed E-state index contributed by atoms with van der Waals surface area (Å²) in [5, 5.41) is 28.6. The van der Waals surface area contributed by atoms with E-state index in [9.17, 15) is 25.0 Å². The molecule has 0 atom stereocenters. The number of nitrogens with zero attached hydrogens (tertiary/aromatic N) is 5. The SMILES string of the molecule is O=c1c2ccccc2nc(-c2cc3cc(Br)ccc3o2)n1N=Cc1cc(Cl)cc([N+](=O)[O-])c1OCc1cccc([N+](=O)[O-])c1. The molecule has 218 valence electrons. The summed E-state index contributed by atoms with van der Waals surface area (Å²) in [6, 6.07) is 22.1. The van der Waals surface area contributed by atoms with Crippen molar-refractivity contribution in [2.45, 2.75) is 6.61 Å². The molecule has 12 nitrogen and oxygen atoms in total. The zero-order chi connectivity index (χ0) is 31.0. The first-order valence-corrected chi connectivity index (χ1v) is 13.9. The Morgan fingerprint density at radius 1 is 1.00 bits per heavy atom. The lowest BCUT2D eigenvalue weighted by molar-refractivity contribution is -0.386. The lowest BCUT2D eigenvalue weighted by atomic mass is 10.1. The molecule has 4 aromatic carbocycles. The molecule has 0 aliphatic carbocycles. The molecule has 0 aliphatic rings. The maximum atomic E-state index is 13.7. The number of halogens is 2. The van der Waals surface area contributed by atoms with Gasteiger partial charge in [0, 0.05) is 38.6 Å². The number of rotatable bonds is 8. The molecule has 0 saturated heterocycles. The summed E-state index contributed by atoms with van der Waals surface area (Å²) >= 11 is 9.66. The van der Waals surface area contributed by atoms with E-state index in [2.05, 4.69) is 26.0 Å². The quantitative estimate of drug-likeness (QED) is 0.0913. The van der Waals surface area contributed by atoms with Crippen molar-refractivity contribution in [3.63, 3.8) is 0 Å². The third kappa shape index (κ3) is 5.65. The average molecular weight is 675 g/mol. The van der Waals surface area contributed by atoms with E-state index in [1.165, 1.54) is 30.5 Å². The van der Waals surface area contributed by atoms with Gasteiger partial charge in [0.15, 0.2) is 5.76 Å². The van der Waals surface area contributed by atoms with Gasteiger partial charge < -0.3 is 9.15 Å². The number of hydrogen-bond acceptors (Lipinski definition) is 9. The minimum Gasteiger partial charge on any atom is -0.481 e. The van der Waals surface area contributed by atoms with Crippen LogP contribution in [0.3, 0.4) is 0 Å². The van der Waals surface area contributed by atoms with Crippen LogP contribution in [0.5, 0.6) is 5.75 Å². The second-order valence-corrected chi connectivity index (χ2v) is 10.8. The number of nitro groups is 2. The van der Waals surface area contributed by atoms with Crippen molar-refractivity contribution in [3.05, 3.63) is 136 Å². The van der Waals surface area contributed by atoms with E-state index < -0.39 is 21.1 Å². The fourth-order valence-electron chi connectivity index (χ4n) is 4.54. The lowest BCUT2D eigenvalue weighted by Gasteiger charge is -2.11. The normalized spacial score (nSPS) is 11.4. The van der Waals surface area contributed by atoms with Gasteiger partial charge in [-0.3, -0.25) is 25.0 Å². The summed E-state index contributed by atoms with van der Waals surface area (Å²) in [5.74, 6) is 0.150. The number of benzene rings is 4. The summed E-state index contributed by atoms with van der Waals surface area (Å²) in [5.41, 5.74) is 0.320. The molecule has 44 heavy (non-hydrogen) atoms. The molecule has 6 rings (SSSR count). The van der Waals surface area contributed by atoms with E-state index >= 15 is 0 Å². The van der Waals surface area contributed by atoms with Crippen LogP contribution in [0.2, 0.25) is 5.02 Å². The standard InChI is InChI=1S/C30H17BrClN5O7/c31-20-8-9-26-18(11-20)13-27(44-26)29-34-24-7-2-1-6-23(24)30(38)35(29)33-15-19-12-21(32)14-25(37(41)42)28(19)43-16-17-4-3-5-22(10-17)36(39)40/h1-15H,16H2. The third-order valence-electron chi connectivity index (χ3n) is 6.53. The molecule has 0 spiro atoms. The van der Waals surface area contributed by atoms with Crippen LogP contribution in [-0.4, -0.2) is 25.7 Å². The molecule has 0 fully saturated rings. The van der Waals surface area contributed by atoms with Gasteiger partial charge in [-0.2, -0.15) is 9.78 Å². The molecule has 0 saturated carbocycles. The minimum atomic E-state index is -0.673. The number of furan rings is 1. The van der Waals surface area contributed by atoms with Crippen LogP contribution >= 0.6 is 27.5 Å².